The molecule has 0 aliphatic carbocycles. The SMILES string of the molecule is CC(C)(C)OC(=O)CC(NCc1cc(OCc2ccccc2)cc(C(=O)OCC[Si](C)(C)C)c1)C(=O)OC(C)(C)C. The quantitative estimate of drug-likeness (QED) is 0.166. The molecule has 9 heteroatoms. The molecule has 41 heavy (non-hydrogen) atoms. The maximum absolute atomic E-state index is 13.0. The lowest BCUT2D eigenvalue weighted by molar-refractivity contribution is -0.164. The molecule has 0 spiro atoms. The molecular weight excluding hydrogens is 538 g/mol. The molecule has 0 aromatic heterocycles. The standard InChI is InChI=1S/C32H47NO7Si/c1-31(2,3)39-28(34)20-27(30(36)40-32(4,5)6)33-21-24-17-25(29(35)37-15-16-41(7,8)9)19-26(18-24)38-22-23-13-11-10-12-14-23/h10-14,17-19,27,33H,15-16,20-22H2,1-9H3. The van der Waals surface area contributed by atoms with Crippen molar-refractivity contribution in [3.63, 3.8) is 0 Å². The normalized spacial score (nSPS) is 12.8. The summed E-state index contributed by atoms with van der Waals surface area (Å²) < 4.78 is 22.6. The van der Waals surface area contributed by atoms with Crippen LogP contribution >= 0.6 is 0 Å². The molecule has 1 atom stereocenters. The van der Waals surface area contributed by atoms with E-state index in [9.17, 15) is 14.4 Å². The van der Waals surface area contributed by atoms with E-state index in [2.05, 4.69) is 25.0 Å². The van der Waals surface area contributed by atoms with Crippen molar-refractivity contribution in [2.24, 2.45) is 0 Å². The zero-order chi connectivity index (χ0) is 30.8. The van der Waals surface area contributed by atoms with E-state index in [-0.39, 0.29) is 13.0 Å². The summed E-state index contributed by atoms with van der Waals surface area (Å²) >= 11 is 0. The molecule has 2 aromatic rings. The van der Waals surface area contributed by atoms with Gasteiger partial charge in [0.05, 0.1) is 18.6 Å². The molecule has 0 aliphatic rings. The second-order valence-electron chi connectivity index (χ2n) is 13.3. The maximum atomic E-state index is 13.0. The molecule has 0 saturated carbocycles. The molecule has 2 rings (SSSR count). The average Bonchev–Trinajstić information content (AvgIpc) is 2.82. The fraction of sp³-hybridized carbons (Fsp3) is 0.531. The molecule has 0 aliphatic heterocycles. The minimum atomic E-state index is -1.37. The second kappa shape index (κ2) is 14.6. The molecule has 0 amide bonds. The molecule has 0 saturated heterocycles. The summed E-state index contributed by atoms with van der Waals surface area (Å²) in [5.74, 6) is -1.03. The van der Waals surface area contributed by atoms with Crippen molar-refractivity contribution in [3.05, 3.63) is 65.2 Å². The topological polar surface area (TPSA) is 100 Å². The lowest BCUT2D eigenvalue weighted by atomic mass is 10.1. The largest absolute Gasteiger partial charge is 0.489 e. The average molecular weight is 586 g/mol. The highest BCUT2D eigenvalue weighted by molar-refractivity contribution is 6.76. The van der Waals surface area contributed by atoms with Crippen LogP contribution in [0.15, 0.2) is 48.5 Å². The van der Waals surface area contributed by atoms with Crippen LogP contribution in [0.3, 0.4) is 0 Å². The first-order valence-electron chi connectivity index (χ1n) is 14.1. The van der Waals surface area contributed by atoms with Gasteiger partial charge in [-0.3, -0.25) is 14.9 Å². The van der Waals surface area contributed by atoms with Crippen molar-refractivity contribution in [2.45, 2.75) is 104 Å². The highest BCUT2D eigenvalue weighted by Gasteiger charge is 2.29. The van der Waals surface area contributed by atoms with E-state index in [0.29, 0.717) is 30.1 Å². The lowest BCUT2D eigenvalue weighted by Gasteiger charge is -2.26. The number of nitrogens with one attached hydrogen (secondary N) is 1. The number of benzene rings is 2. The van der Waals surface area contributed by atoms with Gasteiger partial charge in [-0.1, -0.05) is 50.0 Å². The zero-order valence-corrected chi connectivity index (χ0v) is 27.1. The Hall–Kier alpha value is -3.17. The van der Waals surface area contributed by atoms with E-state index >= 15 is 0 Å². The van der Waals surface area contributed by atoms with Crippen LogP contribution in [0, 0.1) is 0 Å². The molecule has 1 N–H and O–H groups in total. The van der Waals surface area contributed by atoms with Gasteiger partial charge in [0.15, 0.2) is 0 Å². The van der Waals surface area contributed by atoms with Crippen LogP contribution < -0.4 is 10.1 Å². The van der Waals surface area contributed by atoms with E-state index in [4.69, 9.17) is 18.9 Å². The first kappa shape index (κ1) is 34.0. The summed E-state index contributed by atoms with van der Waals surface area (Å²) in [6.45, 7) is 18.1. The van der Waals surface area contributed by atoms with Crippen LogP contribution in [-0.2, 0) is 37.0 Å². The van der Waals surface area contributed by atoms with Crippen molar-refractivity contribution in [2.75, 3.05) is 6.61 Å². The van der Waals surface area contributed by atoms with Gasteiger partial charge in [-0.25, -0.2) is 4.79 Å². The highest BCUT2D eigenvalue weighted by atomic mass is 28.3. The molecule has 0 fully saturated rings. The van der Waals surface area contributed by atoms with E-state index in [0.717, 1.165) is 11.6 Å². The summed E-state index contributed by atoms with van der Waals surface area (Å²) in [5, 5.41) is 3.13. The summed E-state index contributed by atoms with van der Waals surface area (Å²) in [6.07, 6.45) is -0.206. The van der Waals surface area contributed by atoms with Crippen molar-refractivity contribution < 1.29 is 33.3 Å². The van der Waals surface area contributed by atoms with Crippen LogP contribution in [0.2, 0.25) is 25.7 Å². The molecular formula is C32H47NO7Si. The molecule has 8 nitrogen and oxygen atoms in total. The third-order valence-electron chi connectivity index (χ3n) is 5.57. The summed E-state index contributed by atoms with van der Waals surface area (Å²) in [4.78, 5) is 38.6. The Morgan fingerprint density at radius 1 is 0.854 bits per heavy atom. The van der Waals surface area contributed by atoms with E-state index < -0.39 is 43.2 Å². The maximum Gasteiger partial charge on any atom is 0.338 e. The first-order chi connectivity index (χ1) is 18.9. The Morgan fingerprint density at radius 3 is 2.07 bits per heavy atom. The second-order valence-corrected chi connectivity index (χ2v) is 19.0. The summed E-state index contributed by atoms with van der Waals surface area (Å²) in [5.41, 5.74) is 0.597. The Kier molecular flexibility index (Phi) is 12.1. The summed E-state index contributed by atoms with van der Waals surface area (Å²) in [7, 11) is -1.37. The number of esters is 3. The summed E-state index contributed by atoms with van der Waals surface area (Å²) in [6, 6.07) is 14.8. The van der Waals surface area contributed by atoms with E-state index in [1.807, 2.05) is 30.3 Å². The van der Waals surface area contributed by atoms with Gasteiger partial charge in [0.25, 0.3) is 0 Å². The van der Waals surface area contributed by atoms with E-state index in [1.165, 1.54) is 0 Å². The Bertz CT molecular complexity index is 1160. The van der Waals surface area contributed by atoms with Gasteiger partial charge in [0.1, 0.15) is 29.6 Å². The van der Waals surface area contributed by atoms with Gasteiger partial charge in [-0.05, 0) is 76.9 Å². The molecule has 226 valence electrons. The van der Waals surface area contributed by atoms with Gasteiger partial charge >= 0.3 is 17.9 Å². The predicted octanol–water partition coefficient (Wildman–Crippen LogP) is 6.29. The van der Waals surface area contributed by atoms with Crippen molar-refractivity contribution in [1.82, 2.24) is 5.32 Å². The molecule has 1 unspecified atom stereocenters. The highest BCUT2D eigenvalue weighted by Crippen LogP contribution is 2.21. The van der Waals surface area contributed by atoms with Crippen LogP contribution in [0.5, 0.6) is 5.75 Å². The van der Waals surface area contributed by atoms with Crippen molar-refractivity contribution in [3.8, 4) is 5.75 Å². The molecule has 0 radical (unpaired) electrons. The molecule has 2 aromatic carbocycles. The van der Waals surface area contributed by atoms with Gasteiger partial charge in [0, 0.05) is 14.6 Å². The van der Waals surface area contributed by atoms with Crippen LogP contribution in [0.25, 0.3) is 0 Å². The Morgan fingerprint density at radius 2 is 1.49 bits per heavy atom. The van der Waals surface area contributed by atoms with Crippen LogP contribution in [0.4, 0.5) is 0 Å². The minimum Gasteiger partial charge on any atom is -0.489 e. The number of rotatable bonds is 13. The smallest absolute Gasteiger partial charge is 0.338 e. The number of ether oxygens (including phenoxy) is 4. The van der Waals surface area contributed by atoms with E-state index in [1.54, 1.807) is 59.7 Å². The van der Waals surface area contributed by atoms with Gasteiger partial charge in [-0.15, -0.1) is 0 Å². The Labute approximate surface area is 246 Å². The van der Waals surface area contributed by atoms with Gasteiger partial charge in [0.2, 0.25) is 0 Å². The number of hydrogen-bond acceptors (Lipinski definition) is 8. The number of carbonyl (C=O) groups excluding carboxylic acids is 3. The third-order valence-corrected chi connectivity index (χ3v) is 7.27. The van der Waals surface area contributed by atoms with Crippen LogP contribution in [-0.4, -0.2) is 49.8 Å². The van der Waals surface area contributed by atoms with Crippen molar-refractivity contribution in [1.29, 1.82) is 0 Å². The first-order valence-corrected chi connectivity index (χ1v) is 17.8. The number of carbonyl (C=O) groups is 3. The lowest BCUT2D eigenvalue weighted by Crippen LogP contribution is -2.43. The number of hydrogen-bond donors (Lipinski definition) is 1. The Balaban J connectivity index is 2.27. The monoisotopic (exact) mass is 585 g/mol. The fourth-order valence-electron chi connectivity index (χ4n) is 3.64. The fourth-order valence-corrected chi connectivity index (χ4v) is 4.36. The zero-order valence-electron chi connectivity index (χ0n) is 26.1. The third kappa shape index (κ3) is 14.3. The molecule has 0 heterocycles. The van der Waals surface area contributed by atoms with Gasteiger partial charge < -0.3 is 18.9 Å². The minimum absolute atomic E-state index is 0.171. The molecule has 0 bridgehead atoms. The van der Waals surface area contributed by atoms with Crippen molar-refractivity contribution >= 4 is 26.0 Å². The predicted molar refractivity (Wildman–Crippen MR) is 163 cm³/mol. The van der Waals surface area contributed by atoms with Crippen LogP contribution in [0.1, 0.15) is 69.4 Å². The van der Waals surface area contributed by atoms with Gasteiger partial charge in [-0.2, -0.15) is 0 Å².